The van der Waals surface area contributed by atoms with Crippen molar-refractivity contribution in [1.82, 2.24) is 9.55 Å². The predicted octanol–water partition coefficient (Wildman–Crippen LogP) is 6.00. The zero-order valence-corrected chi connectivity index (χ0v) is 18.0. The second-order valence-electron chi connectivity index (χ2n) is 7.78. The number of nitrogens with one attached hydrogen (secondary N) is 1. The van der Waals surface area contributed by atoms with Crippen molar-refractivity contribution in [1.29, 1.82) is 0 Å². The highest BCUT2D eigenvalue weighted by Crippen LogP contribution is 2.28. The number of aromatic nitrogens is 2. The molecule has 2 aromatic heterocycles. The van der Waals surface area contributed by atoms with Crippen molar-refractivity contribution >= 4 is 28.2 Å². The highest BCUT2D eigenvalue weighted by molar-refractivity contribution is 5.95. The minimum Gasteiger partial charge on any atom is -0.341 e. The minimum atomic E-state index is -0.118. The summed E-state index contributed by atoms with van der Waals surface area (Å²) in [5.74, 6) is 0.646. The number of Topliss-reactive ketones (excluding diaryl/α,β-unsaturated/α-hetero) is 1. The molecule has 0 fully saturated rings. The molecule has 0 unspecified atom stereocenters. The highest BCUT2D eigenvalue weighted by atomic mass is 16.1. The van der Waals surface area contributed by atoms with Crippen molar-refractivity contribution in [3.8, 4) is 16.9 Å². The van der Waals surface area contributed by atoms with Gasteiger partial charge in [-0.15, -0.1) is 0 Å². The van der Waals surface area contributed by atoms with Crippen molar-refractivity contribution < 1.29 is 4.79 Å². The van der Waals surface area contributed by atoms with Gasteiger partial charge in [0.15, 0.2) is 11.2 Å². The second-order valence-corrected chi connectivity index (χ2v) is 7.78. The molecule has 1 N–H and O–H groups in total. The van der Waals surface area contributed by atoms with Crippen molar-refractivity contribution in [2.45, 2.75) is 6.92 Å². The van der Waals surface area contributed by atoms with E-state index in [-0.39, 0.29) is 11.2 Å². The number of carbonyl (C=O) groups is 1. The fourth-order valence-corrected chi connectivity index (χ4v) is 3.89. The first-order valence-corrected chi connectivity index (χ1v) is 10.6. The number of benzene rings is 3. The van der Waals surface area contributed by atoms with E-state index in [0.29, 0.717) is 22.5 Å². The summed E-state index contributed by atoms with van der Waals surface area (Å²) in [5, 5.41) is 3.90. The fourth-order valence-electron chi connectivity index (χ4n) is 3.89. The van der Waals surface area contributed by atoms with Crippen LogP contribution in [0.3, 0.4) is 0 Å². The van der Waals surface area contributed by atoms with Gasteiger partial charge in [0.2, 0.25) is 0 Å². The largest absolute Gasteiger partial charge is 0.341 e. The molecule has 0 atom stereocenters. The van der Waals surface area contributed by atoms with Gasteiger partial charge in [-0.1, -0.05) is 54.6 Å². The van der Waals surface area contributed by atoms with E-state index in [0.717, 1.165) is 22.5 Å². The average Bonchev–Trinajstić information content (AvgIpc) is 2.85. The lowest BCUT2D eigenvalue weighted by Crippen LogP contribution is -2.13. The van der Waals surface area contributed by atoms with Crippen LogP contribution in [0.15, 0.2) is 108 Å². The van der Waals surface area contributed by atoms with E-state index in [9.17, 15) is 9.59 Å². The van der Waals surface area contributed by atoms with Gasteiger partial charge in [-0.3, -0.25) is 19.1 Å². The SMILES string of the molecule is CC(=O)c1cccc(-c2cc3c(cn2)c(=O)cc(Nc2ccccc2)n3-c2ccccc2)c1. The molecule has 2 heterocycles. The van der Waals surface area contributed by atoms with Crippen LogP contribution in [0.5, 0.6) is 0 Å². The van der Waals surface area contributed by atoms with Crippen LogP contribution in [0.4, 0.5) is 11.5 Å². The van der Waals surface area contributed by atoms with Crippen LogP contribution < -0.4 is 10.7 Å². The molecule has 5 heteroatoms. The number of hydrogen-bond donors (Lipinski definition) is 1. The summed E-state index contributed by atoms with van der Waals surface area (Å²) in [6.45, 7) is 1.54. The minimum absolute atomic E-state index is 0.00631. The Morgan fingerprint density at radius 1 is 0.848 bits per heavy atom. The van der Waals surface area contributed by atoms with Gasteiger partial charge in [0, 0.05) is 34.8 Å². The number of rotatable bonds is 5. The topological polar surface area (TPSA) is 64.0 Å². The van der Waals surface area contributed by atoms with Gasteiger partial charge in [0.25, 0.3) is 0 Å². The molecule has 5 nitrogen and oxygen atoms in total. The van der Waals surface area contributed by atoms with Gasteiger partial charge < -0.3 is 5.32 Å². The molecule has 0 radical (unpaired) electrons. The smallest absolute Gasteiger partial charge is 0.193 e. The third-order valence-corrected chi connectivity index (χ3v) is 5.52. The number of carbonyl (C=O) groups excluding carboxylic acids is 1. The van der Waals surface area contributed by atoms with Crippen LogP contribution in [0, 0.1) is 0 Å². The summed E-state index contributed by atoms with van der Waals surface area (Å²) in [7, 11) is 0. The Kier molecular flexibility index (Phi) is 5.29. The standard InChI is InChI=1S/C28H21N3O2/c1-19(32)20-9-8-10-21(15-20)25-16-26-24(18-29-25)27(33)17-28(30-22-11-4-2-5-12-22)31(26)23-13-6-3-7-14-23/h2-18,30H,1H3. The third kappa shape index (κ3) is 4.04. The van der Waals surface area contributed by atoms with Crippen molar-refractivity contribution in [2.24, 2.45) is 0 Å². The third-order valence-electron chi connectivity index (χ3n) is 5.52. The number of nitrogens with zero attached hydrogens (tertiary/aromatic N) is 2. The molecular formula is C28H21N3O2. The van der Waals surface area contributed by atoms with Crippen molar-refractivity contribution in [3.63, 3.8) is 0 Å². The van der Waals surface area contributed by atoms with Crippen LogP contribution >= 0.6 is 0 Å². The molecule has 0 aliphatic heterocycles. The molecule has 5 rings (SSSR count). The zero-order valence-electron chi connectivity index (χ0n) is 18.0. The summed E-state index contributed by atoms with van der Waals surface area (Å²) < 4.78 is 2.02. The summed E-state index contributed by atoms with van der Waals surface area (Å²) >= 11 is 0. The monoisotopic (exact) mass is 431 g/mol. The lowest BCUT2D eigenvalue weighted by molar-refractivity contribution is 0.101. The number of fused-ring (bicyclic) bond motifs is 1. The molecule has 0 aliphatic rings. The average molecular weight is 431 g/mol. The number of hydrogen-bond acceptors (Lipinski definition) is 4. The Morgan fingerprint density at radius 2 is 1.58 bits per heavy atom. The van der Waals surface area contributed by atoms with E-state index >= 15 is 0 Å². The van der Waals surface area contributed by atoms with Crippen LogP contribution in [0.25, 0.3) is 27.8 Å². The first-order valence-electron chi connectivity index (χ1n) is 10.6. The summed E-state index contributed by atoms with van der Waals surface area (Å²) in [6, 6.07) is 30.5. The summed E-state index contributed by atoms with van der Waals surface area (Å²) in [5.41, 5.74) is 4.52. The lowest BCUT2D eigenvalue weighted by atomic mass is 10.0. The Morgan fingerprint density at radius 3 is 2.30 bits per heavy atom. The predicted molar refractivity (Wildman–Crippen MR) is 133 cm³/mol. The molecule has 5 aromatic rings. The fraction of sp³-hybridized carbons (Fsp3) is 0.0357. The van der Waals surface area contributed by atoms with Gasteiger partial charge >= 0.3 is 0 Å². The normalized spacial score (nSPS) is 10.8. The van der Waals surface area contributed by atoms with E-state index in [1.807, 2.05) is 89.5 Å². The van der Waals surface area contributed by atoms with Gasteiger partial charge in [0.05, 0.1) is 16.6 Å². The summed E-state index contributed by atoms with van der Waals surface area (Å²) in [6.07, 6.45) is 1.61. The Balaban J connectivity index is 1.77. The van der Waals surface area contributed by atoms with E-state index < -0.39 is 0 Å². The second kappa shape index (κ2) is 8.55. The van der Waals surface area contributed by atoms with E-state index in [4.69, 9.17) is 0 Å². The van der Waals surface area contributed by atoms with E-state index in [1.165, 1.54) is 0 Å². The van der Waals surface area contributed by atoms with Gasteiger partial charge in [-0.05, 0) is 43.3 Å². The number of para-hydroxylation sites is 2. The number of pyridine rings is 2. The maximum atomic E-state index is 13.0. The Hall–Kier alpha value is -4.51. The molecule has 0 spiro atoms. The lowest BCUT2D eigenvalue weighted by Gasteiger charge is -2.19. The van der Waals surface area contributed by atoms with Gasteiger partial charge in [-0.2, -0.15) is 0 Å². The maximum absolute atomic E-state index is 13.0. The maximum Gasteiger partial charge on any atom is 0.193 e. The van der Waals surface area contributed by atoms with Crippen molar-refractivity contribution in [2.75, 3.05) is 5.32 Å². The molecule has 0 aliphatic carbocycles. The molecular weight excluding hydrogens is 410 g/mol. The highest BCUT2D eigenvalue weighted by Gasteiger charge is 2.14. The van der Waals surface area contributed by atoms with Crippen LogP contribution in [-0.4, -0.2) is 15.3 Å². The zero-order chi connectivity index (χ0) is 22.8. The molecule has 0 saturated heterocycles. The molecule has 0 saturated carbocycles. The number of ketones is 1. The molecule has 3 aromatic carbocycles. The molecule has 33 heavy (non-hydrogen) atoms. The van der Waals surface area contributed by atoms with Crippen molar-refractivity contribution in [3.05, 3.63) is 119 Å². The van der Waals surface area contributed by atoms with Gasteiger partial charge in [-0.25, -0.2) is 0 Å². The van der Waals surface area contributed by atoms with Crippen LogP contribution in [-0.2, 0) is 0 Å². The number of anilines is 2. The molecule has 0 bridgehead atoms. The molecule has 160 valence electrons. The first kappa shape index (κ1) is 20.4. The van der Waals surface area contributed by atoms with Crippen LogP contribution in [0.2, 0.25) is 0 Å². The van der Waals surface area contributed by atoms with Crippen LogP contribution in [0.1, 0.15) is 17.3 Å². The van der Waals surface area contributed by atoms with E-state index in [1.54, 1.807) is 25.3 Å². The molecule has 0 amide bonds. The van der Waals surface area contributed by atoms with E-state index in [2.05, 4.69) is 10.3 Å². The Bertz CT molecular complexity index is 1520. The first-order chi connectivity index (χ1) is 16.1. The quantitative estimate of drug-likeness (QED) is 0.347. The summed E-state index contributed by atoms with van der Waals surface area (Å²) in [4.78, 5) is 29.4. The Labute approximate surface area is 191 Å². The van der Waals surface area contributed by atoms with Gasteiger partial charge in [0.1, 0.15) is 5.82 Å².